The molecule has 0 saturated heterocycles. The van der Waals surface area contributed by atoms with Crippen LogP contribution in [0.15, 0.2) is 54.6 Å². The topological polar surface area (TPSA) is 44.2 Å². The minimum atomic E-state index is 0. The van der Waals surface area contributed by atoms with E-state index < -0.39 is 0 Å². The third kappa shape index (κ3) is 3.93. The Bertz CT molecular complexity index is 440. The molecule has 0 radical (unpaired) electrons. The van der Waals surface area contributed by atoms with E-state index in [9.17, 15) is 0 Å². The molecule has 2 heteroatoms. The first-order valence-corrected chi connectivity index (χ1v) is 5.70. The van der Waals surface area contributed by atoms with Gasteiger partial charge in [0.05, 0.1) is 0 Å². The molecule has 0 unspecified atom stereocenters. The lowest BCUT2D eigenvalue weighted by Crippen LogP contribution is -1.87. The molecule has 0 saturated carbocycles. The fraction of sp³-hybridized carbons (Fsp3) is 0.200. The summed E-state index contributed by atoms with van der Waals surface area (Å²) in [5.74, 6) is 1.80. The highest BCUT2D eigenvalue weighted by molar-refractivity contribution is 5.33. The van der Waals surface area contributed by atoms with E-state index in [-0.39, 0.29) is 6.15 Å². The molecule has 0 aliphatic heterocycles. The van der Waals surface area contributed by atoms with Crippen molar-refractivity contribution in [3.8, 4) is 11.5 Å². The van der Waals surface area contributed by atoms with Crippen molar-refractivity contribution in [2.45, 2.75) is 19.8 Å². The Hall–Kier alpha value is -1.80. The van der Waals surface area contributed by atoms with Crippen LogP contribution < -0.4 is 10.9 Å². The lowest BCUT2D eigenvalue weighted by Gasteiger charge is -2.06. The summed E-state index contributed by atoms with van der Waals surface area (Å²) in [4.78, 5) is 0. The van der Waals surface area contributed by atoms with Crippen LogP contribution in [0.25, 0.3) is 0 Å². The van der Waals surface area contributed by atoms with Gasteiger partial charge < -0.3 is 10.9 Å². The second-order valence-electron chi connectivity index (χ2n) is 3.81. The lowest BCUT2D eigenvalue weighted by atomic mass is 10.1. The molecular weight excluding hydrogens is 210 g/mol. The number of rotatable bonds is 4. The van der Waals surface area contributed by atoms with Crippen molar-refractivity contribution in [3.05, 3.63) is 60.2 Å². The van der Waals surface area contributed by atoms with E-state index in [4.69, 9.17) is 4.74 Å². The van der Waals surface area contributed by atoms with Crippen molar-refractivity contribution in [1.82, 2.24) is 6.15 Å². The van der Waals surface area contributed by atoms with Crippen molar-refractivity contribution >= 4 is 0 Å². The molecular formula is C15H19NO. The highest BCUT2D eigenvalue weighted by Crippen LogP contribution is 2.22. The zero-order chi connectivity index (χ0) is 11.2. The molecule has 2 aromatic carbocycles. The van der Waals surface area contributed by atoms with E-state index in [1.54, 1.807) is 0 Å². The van der Waals surface area contributed by atoms with Crippen molar-refractivity contribution in [2.75, 3.05) is 0 Å². The molecule has 17 heavy (non-hydrogen) atoms. The van der Waals surface area contributed by atoms with Crippen LogP contribution in [0, 0.1) is 0 Å². The van der Waals surface area contributed by atoms with E-state index in [1.165, 1.54) is 5.56 Å². The number of ether oxygens (including phenoxy) is 1. The van der Waals surface area contributed by atoms with Crippen molar-refractivity contribution in [3.63, 3.8) is 0 Å². The highest BCUT2D eigenvalue weighted by atomic mass is 16.5. The van der Waals surface area contributed by atoms with Gasteiger partial charge in [-0.25, -0.2) is 0 Å². The molecule has 2 rings (SSSR count). The van der Waals surface area contributed by atoms with Gasteiger partial charge in [0.25, 0.3) is 0 Å². The van der Waals surface area contributed by atoms with Crippen LogP contribution in [0.4, 0.5) is 0 Å². The monoisotopic (exact) mass is 229 g/mol. The summed E-state index contributed by atoms with van der Waals surface area (Å²) in [6, 6.07) is 18.2. The minimum Gasteiger partial charge on any atom is -0.457 e. The quantitative estimate of drug-likeness (QED) is 0.833. The van der Waals surface area contributed by atoms with Gasteiger partial charge in [0.1, 0.15) is 11.5 Å². The van der Waals surface area contributed by atoms with Crippen LogP contribution in [0.1, 0.15) is 18.9 Å². The molecule has 0 spiro atoms. The number of para-hydroxylation sites is 1. The lowest BCUT2D eigenvalue weighted by molar-refractivity contribution is 0.482. The third-order valence-corrected chi connectivity index (χ3v) is 2.42. The first-order chi connectivity index (χ1) is 7.88. The Morgan fingerprint density at radius 3 is 2.29 bits per heavy atom. The Balaban J connectivity index is 0.00000144. The summed E-state index contributed by atoms with van der Waals surface area (Å²) in [6.07, 6.45) is 2.26. The number of hydrogen-bond donors (Lipinski definition) is 1. The number of hydrogen-bond acceptors (Lipinski definition) is 2. The van der Waals surface area contributed by atoms with Gasteiger partial charge in [-0.1, -0.05) is 43.7 Å². The van der Waals surface area contributed by atoms with Crippen molar-refractivity contribution in [2.24, 2.45) is 0 Å². The van der Waals surface area contributed by atoms with Crippen molar-refractivity contribution in [1.29, 1.82) is 0 Å². The predicted octanol–water partition coefficient (Wildman–Crippen LogP) is 4.59. The molecule has 90 valence electrons. The van der Waals surface area contributed by atoms with Gasteiger partial charge in [-0.2, -0.15) is 0 Å². The summed E-state index contributed by atoms with van der Waals surface area (Å²) in [5, 5.41) is 0. The maximum atomic E-state index is 5.77. The van der Waals surface area contributed by atoms with E-state index in [1.807, 2.05) is 42.5 Å². The summed E-state index contributed by atoms with van der Waals surface area (Å²) in [5.41, 5.74) is 1.33. The van der Waals surface area contributed by atoms with Gasteiger partial charge in [-0.15, -0.1) is 0 Å². The Morgan fingerprint density at radius 2 is 1.59 bits per heavy atom. The summed E-state index contributed by atoms with van der Waals surface area (Å²) in [6.45, 7) is 2.19. The second kappa shape index (κ2) is 6.71. The van der Waals surface area contributed by atoms with Crippen LogP contribution in [-0.2, 0) is 6.42 Å². The molecule has 0 aromatic heterocycles. The molecule has 2 aromatic rings. The summed E-state index contributed by atoms with van der Waals surface area (Å²) >= 11 is 0. The van der Waals surface area contributed by atoms with Crippen LogP contribution in [0.3, 0.4) is 0 Å². The summed E-state index contributed by atoms with van der Waals surface area (Å²) < 4.78 is 5.77. The Kier molecular flexibility index (Phi) is 5.24. The maximum absolute atomic E-state index is 5.77. The third-order valence-electron chi connectivity index (χ3n) is 2.42. The maximum Gasteiger partial charge on any atom is 0.127 e. The number of aryl methyl sites for hydroxylation is 1. The van der Waals surface area contributed by atoms with Gasteiger partial charge in [-0.05, 0) is 36.2 Å². The van der Waals surface area contributed by atoms with Gasteiger partial charge in [-0.3, -0.25) is 0 Å². The smallest absolute Gasteiger partial charge is 0.127 e. The molecule has 0 aliphatic carbocycles. The summed E-state index contributed by atoms with van der Waals surface area (Å²) in [7, 11) is 0. The standard InChI is InChI=1S/C15H16O.H3N/c1-2-7-13-8-6-11-15(12-13)16-14-9-4-3-5-10-14;/h3-6,8-12H,2,7H2,1H3;1H3. The molecule has 0 fully saturated rings. The van der Waals surface area contributed by atoms with Crippen LogP contribution in [0.2, 0.25) is 0 Å². The molecule has 0 amide bonds. The van der Waals surface area contributed by atoms with E-state index in [0.29, 0.717) is 0 Å². The van der Waals surface area contributed by atoms with Gasteiger partial charge >= 0.3 is 0 Å². The van der Waals surface area contributed by atoms with Gasteiger partial charge in [0, 0.05) is 0 Å². The van der Waals surface area contributed by atoms with Crippen LogP contribution in [-0.4, -0.2) is 0 Å². The molecule has 2 nitrogen and oxygen atoms in total. The minimum absolute atomic E-state index is 0. The molecule has 0 aliphatic rings. The zero-order valence-electron chi connectivity index (χ0n) is 10.2. The highest BCUT2D eigenvalue weighted by Gasteiger charge is 1.97. The SMILES string of the molecule is CCCc1cccc(Oc2ccccc2)c1.N. The van der Waals surface area contributed by atoms with E-state index >= 15 is 0 Å². The fourth-order valence-corrected chi connectivity index (χ4v) is 1.68. The first-order valence-electron chi connectivity index (χ1n) is 5.70. The van der Waals surface area contributed by atoms with E-state index in [2.05, 4.69) is 19.1 Å². The Morgan fingerprint density at radius 1 is 0.882 bits per heavy atom. The van der Waals surface area contributed by atoms with E-state index in [0.717, 1.165) is 24.3 Å². The molecule has 0 bridgehead atoms. The van der Waals surface area contributed by atoms with Crippen LogP contribution in [0.5, 0.6) is 11.5 Å². The first kappa shape index (κ1) is 13.3. The molecule has 3 N–H and O–H groups in total. The van der Waals surface area contributed by atoms with Crippen molar-refractivity contribution < 1.29 is 4.74 Å². The van der Waals surface area contributed by atoms with Crippen LogP contribution >= 0.6 is 0 Å². The molecule has 0 atom stereocenters. The average molecular weight is 229 g/mol. The largest absolute Gasteiger partial charge is 0.457 e. The fourth-order valence-electron chi connectivity index (χ4n) is 1.68. The van der Waals surface area contributed by atoms with Gasteiger partial charge in [0.15, 0.2) is 0 Å². The zero-order valence-corrected chi connectivity index (χ0v) is 10.2. The average Bonchev–Trinajstić information content (AvgIpc) is 2.31. The number of benzene rings is 2. The normalized spacial score (nSPS) is 9.47. The second-order valence-corrected chi connectivity index (χ2v) is 3.81. The molecule has 0 heterocycles. The Labute approximate surface area is 103 Å². The van der Waals surface area contributed by atoms with Gasteiger partial charge in [0.2, 0.25) is 0 Å². The predicted molar refractivity (Wildman–Crippen MR) is 72.0 cm³/mol.